The van der Waals surface area contributed by atoms with Crippen LogP contribution >= 0.6 is 11.8 Å². The minimum atomic E-state index is -0.237. The molecule has 0 saturated carbocycles. The fourth-order valence-electron chi connectivity index (χ4n) is 1.22. The van der Waals surface area contributed by atoms with Gasteiger partial charge in [0, 0.05) is 6.07 Å². The predicted octanol–water partition coefficient (Wildman–Crippen LogP) is 3.66. The Morgan fingerprint density at radius 2 is 2.20 bits per heavy atom. The summed E-state index contributed by atoms with van der Waals surface area (Å²) in [5.74, 6) is 2.67. The number of aryl methyl sites for hydroxylation is 1. The molecular weight excluding hydrogens is 211 g/mol. The van der Waals surface area contributed by atoms with Gasteiger partial charge in [0.15, 0.2) is 0 Å². The topological polar surface area (TPSA) is 9.23 Å². The lowest BCUT2D eigenvalue weighted by Gasteiger charge is -2.08. The van der Waals surface area contributed by atoms with E-state index in [2.05, 4.69) is 6.92 Å². The highest BCUT2D eigenvalue weighted by atomic mass is 32.2. The highest BCUT2D eigenvalue weighted by molar-refractivity contribution is 7.99. The molecule has 0 bridgehead atoms. The zero-order valence-corrected chi connectivity index (χ0v) is 10.1. The van der Waals surface area contributed by atoms with Gasteiger partial charge in [0.25, 0.3) is 0 Å². The van der Waals surface area contributed by atoms with Gasteiger partial charge in [-0.05, 0) is 36.5 Å². The quantitative estimate of drug-likeness (QED) is 0.687. The number of hydrogen-bond donors (Lipinski definition) is 0. The van der Waals surface area contributed by atoms with Crippen LogP contribution in [0.25, 0.3) is 0 Å². The summed E-state index contributed by atoms with van der Waals surface area (Å²) in [5, 5.41) is 0. The molecule has 1 aromatic carbocycles. The van der Waals surface area contributed by atoms with Gasteiger partial charge in [-0.25, -0.2) is 4.39 Å². The van der Waals surface area contributed by atoms with Gasteiger partial charge >= 0.3 is 0 Å². The molecular formula is C12H17FOS. The second-order valence-corrected chi connectivity index (χ2v) is 4.70. The molecule has 0 heterocycles. The minimum absolute atomic E-state index is 0.237. The van der Waals surface area contributed by atoms with E-state index in [4.69, 9.17) is 4.74 Å². The fraction of sp³-hybridized carbons (Fsp3) is 0.500. The third kappa shape index (κ3) is 4.56. The van der Waals surface area contributed by atoms with Gasteiger partial charge in [0.2, 0.25) is 0 Å². The Bertz CT molecular complexity index is 302. The maximum Gasteiger partial charge on any atom is 0.126 e. The van der Waals surface area contributed by atoms with Crippen molar-refractivity contribution in [2.45, 2.75) is 20.3 Å². The third-order valence-electron chi connectivity index (χ3n) is 2.04. The van der Waals surface area contributed by atoms with Crippen LogP contribution in [0.3, 0.4) is 0 Å². The molecule has 0 fully saturated rings. The van der Waals surface area contributed by atoms with Crippen LogP contribution in [0.5, 0.6) is 5.75 Å². The lowest BCUT2D eigenvalue weighted by Crippen LogP contribution is -2.00. The first-order valence-corrected chi connectivity index (χ1v) is 6.36. The SMILES string of the molecule is CCSCCCOc1cc(F)ccc1C. The van der Waals surface area contributed by atoms with Crippen molar-refractivity contribution in [1.82, 2.24) is 0 Å². The van der Waals surface area contributed by atoms with Crippen LogP contribution in [0.2, 0.25) is 0 Å². The second-order valence-electron chi connectivity index (χ2n) is 3.31. The second kappa shape index (κ2) is 6.72. The lowest BCUT2D eigenvalue weighted by atomic mass is 10.2. The summed E-state index contributed by atoms with van der Waals surface area (Å²) in [6, 6.07) is 4.64. The van der Waals surface area contributed by atoms with Gasteiger partial charge < -0.3 is 4.74 Å². The standard InChI is InChI=1S/C12H17FOS/c1-3-15-8-4-7-14-12-9-11(13)6-5-10(12)2/h5-6,9H,3-4,7-8H2,1-2H3. The molecule has 0 aliphatic carbocycles. The summed E-state index contributed by atoms with van der Waals surface area (Å²) < 4.78 is 18.4. The molecule has 84 valence electrons. The van der Waals surface area contributed by atoms with Crippen LogP contribution in [0.4, 0.5) is 4.39 Å². The minimum Gasteiger partial charge on any atom is -0.493 e. The Balaban J connectivity index is 2.33. The Morgan fingerprint density at radius 1 is 1.40 bits per heavy atom. The van der Waals surface area contributed by atoms with Crippen LogP contribution in [0.1, 0.15) is 18.9 Å². The summed E-state index contributed by atoms with van der Waals surface area (Å²) in [5.41, 5.74) is 0.986. The van der Waals surface area contributed by atoms with Crippen LogP contribution in [-0.4, -0.2) is 18.1 Å². The highest BCUT2D eigenvalue weighted by Crippen LogP contribution is 2.18. The summed E-state index contributed by atoms with van der Waals surface area (Å²) >= 11 is 1.90. The van der Waals surface area contributed by atoms with Crippen molar-refractivity contribution in [3.05, 3.63) is 29.6 Å². The number of hydrogen-bond acceptors (Lipinski definition) is 2. The smallest absolute Gasteiger partial charge is 0.126 e. The number of benzene rings is 1. The van der Waals surface area contributed by atoms with Crippen molar-refractivity contribution in [1.29, 1.82) is 0 Å². The van der Waals surface area contributed by atoms with Gasteiger partial charge in [0.1, 0.15) is 11.6 Å². The van der Waals surface area contributed by atoms with E-state index in [-0.39, 0.29) is 5.82 Å². The predicted molar refractivity (Wildman–Crippen MR) is 64.2 cm³/mol. The van der Waals surface area contributed by atoms with Crippen LogP contribution in [0, 0.1) is 12.7 Å². The van der Waals surface area contributed by atoms with E-state index in [1.54, 1.807) is 6.07 Å². The molecule has 0 radical (unpaired) electrons. The number of ether oxygens (including phenoxy) is 1. The molecule has 1 aromatic rings. The van der Waals surface area contributed by atoms with Gasteiger partial charge in [-0.1, -0.05) is 13.0 Å². The zero-order valence-electron chi connectivity index (χ0n) is 9.25. The summed E-state index contributed by atoms with van der Waals surface area (Å²) in [6.45, 7) is 4.73. The average molecular weight is 228 g/mol. The van der Waals surface area contributed by atoms with Gasteiger partial charge in [-0.2, -0.15) is 11.8 Å². The van der Waals surface area contributed by atoms with Gasteiger partial charge in [0.05, 0.1) is 6.61 Å². The average Bonchev–Trinajstić information content (AvgIpc) is 2.23. The van der Waals surface area contributed by atoms with E-state index >= 15 is 0 Å². The number of rotatable bonds is 6. The Labute approximate surface area is 95.0 Å². The molecule has 0 unspecified atom stereocenters. The summed E-state index contributed by atoms with van der Waals surface area (Å²) in [7, 11) is 0. The molecule has 3 heteroatoms. The Kier molecular flexibility index (Phi) is 5.54. The van der Waals surface area contributed by atoms with Crippen molar-refractivity contribution < 1.29 is 9.13 Å². The number of thioether (sulfide) groups is 1. The number of halogens is 1. The van der Waals surface area contributed by atoms with Gasteiger partial charge in [-0.3, -0.25) is 0 Å². The molecule has 0 N–H and O–H groups in total. The molecule has 1 nitrogen and oxygen atoms in total. The summed E-state index contributed by atoms with van der Waals surface area (Å²) in [6.07, 6.45) is 1.01. The molecule has 0 aliphatic heterocycles. The van der Waals surface area contributed by atoms with Crippen LogP contribution in [-0.2, 0) is 0 Å². The molecule has 0 saturated heterocycles. The van der Waals surface area contributed by atoms with Crippen LogP contribution in [0.15, 0.2) is 18.2 Å². The molecule has 15 heavy (non-hydrogen) atoms. The molecule has 0 spiro atoms. The maximum atomic E-state index is 12.9. The first-order valence-electron chi connectivity index (χ1n) is 5.20. The Morgan fingerprint density at radius 3 is 2.93 bits per heavy atom. The summed E-state index contributed by atoms with van der Waals surface area (Å²) in [4.78, 5) is 0. The van der Waals surface area contributed by atoms with Gasteiger partial charge in [-0.15, -0.1) is 0 Å². The molecule has 0 atom stereocenters. The van der Waals surface area contributed by atoms with Crippen molar-refractivity contribution in [3.63, 3.8) is 0 Å². The van der Waals surface area contributed by atoms with E-state index in [0.29, 0.717) is 12.4 Å². The zero-order chi connectivity index (χ0) is 11.1. The van der Waals surface area contributed by atoms with Crippen molar-refractivity contribution in [2.75, 3.05) is 18.1 Å². The van der Waals surface area contributed by atoms with E-state index in [1.807, 2.05) is 18.7 Å². The monoisotopic (exact) mass is 228 g/mol. The lowest BCUT2D eigenvalue weighted by molar-refractivity contribution is 0.315. The highest BCUT2D eigenvalue weighted by Gasteiger charge is 2.00. The van der Waals surface area contributed by atoms with E-state index in [1.165, 1.54) is 12.1 Å². The Hall–Kier alpha value is -0.700. The molecule has 1 rings (SSSR count). The maximum absolute atomic E-state index is 12.9. The molecule has 0 aromatic heterocycles. The van der Waals surface area contributed by atoms with E-state index in [9.17, 15) is 4.39 Å². The van der Waals surface area contributed by atoms with Crippen LogP contribution < -0.4 is 4.74 Å². The largest absolute Gasteiger partial charge is 0.493 e. The van der Waals surface area contributed by atoms with Crippen molar-refractivity contribution in [3.8, 4) is 5.75 Å². The van der Waals surface area contributed by atoms with Crippen molar-refractivity contribution in [2.24, 2.45) is 0 Å². The molecule has 0 amide bonds. The molecule has 0 aliphatic rings. The first kappa shape index (κ1) is 12.4. The van der Waals surface area contributed by atoms with Crippen molar-refractivity contribution >= 4 is 11.8 Å². The first-order chi connectivity index (χ1) is 7.24. The normalized spacial score (nSPS) is 10.3. The van der Waals surface area contributed by atoms with E-state index < -0.39 is 0 Å². The third-order valence-corrected chi connectivity index (χ3v) is 3.03. The van der Waals surface area contributed by atoms with E-state index in [0.717, 1.165) is 23.5 Å². The fourth-order valence-corrected chi connectivity index (χ4v) is 1.83.